The van der Waals surface area contributed by atoms with Gasteiger partial charge < -0.3 is 5.32 Å². The summed E-state index contributed by atoms with van der Waals surface area (Å²) in [5.74, 6) is -4.69. The van der Waals surface area contributed by atoms with E-state index in [1.165, 1.54) is 4.88 Å². The second-order valence-electron chi connectivity index (χ2n) is 5.90. The quantitative estimate of drug-likeness (QED) is 0.824. The number of hydrogen-bond donors (Lipinski definition) is 1. The van der Waals surface area contributed by atoms with Gasteiger partial charge in [0, 0.05) is 37.6 Å². The number of piperazine rings is 1. The zero-order valence-electron chi connectivity index (χ0n) is 13.5. The monoisotopic (exact) mass is 369 g/mol. The Labute approximate surface area is 147 Å². The SMILES string of the molecule is O=C(CN1CCN(Cc2cccs2)CC1)Nc1ccc(F)c(F)c1F. The molecule has 1 saturated heterocycles. The lowest BCUT2D eigenvalue weighted by Gasteiger charge is -2.34. The highest BCUT2D eigenvalue weighted by Crippen LogP contribution is 2.19. The number of rotatable bonds is 5. The van der Waals surface area contributed by atoms with Gasteiger partial charge in [0.15, 0.2) is 17.5 Å². The van der Waals surface area contributed by atoms with E-state index >= 15 is 0 Å². The summed E-state index contributed by atoms with van der Waals surface area (Å²) < 4.78 is 39.7. The van der Waals surface area contributed by atoms with Crippen LogP contribution < -0.4 is 5.32 Å². The number of thiophene rings is 1. The third kappa shape index (κ3) is 4.59. The van der Waals surface area contributed by atoms with Gasteiger partial charge in [-0.2, -0.15) is 0 Å². The molecule has 0 spiro atoms. The van der Waals surface area contributed by atoms with Gasteiger partial charge in [0.25, 0.3) is 0 Å². The molecular formula is C17H18F3N3OS. The lowest BCUT2D eigenvalue weighted by molar-refractivity contribution is -0.117. The topological polar surface area (TPSA) is 35.6 Å². The van der Waals surface area contributed by atoms with Crippen molar-refractivity contribution in [3.05, 3.63) is 52.0 Å². The Kier molecular flexibility index (Phi) is 5.72. The van der Waals surface area contributed by atoms with Crippen LogP contribution in [0.25, 0.3) is 0 Å². The van der Waals surface area contributed by atoms with E-state index in [4.69, 9.17) is 0 Å². The Hall–Kier alpha value is -1.90. The highest BCUT2D eigenvalue weighted by atomic mass is 32.1. The zero-order chi connectivity index (χ0) is 17.8. The van der Waals surface area contributed by atoms with Crippen molar-refractivity contribution < 1.29 is 18.0 Å². The number of nitrogens with zero attached hydrogens (tertiary/aromatic N) is 2. The smallest absolute Gasteiger partial charge is 0.238 e. The van der Waals surface area contributed by atoms with Crippen molar-refractivity contribution in [3.63, 3.8) is 0 Å². The van der Waals surface area contributed by atoms with Crippen LogP contribution >= 0.6 is 11.3 Å². The van der Waals surface area contributed by atoms with Gasteiger partial charge in [0.2, 0.25) is 5.91 Å². The predicted octanol–water partition coefficient (Wildman–Crippen LogP) is 2.92. The van der Waals surface area contributed by atoms with Crippen molar-refractivity contribution in [2.45, 2.75) is 6.54 Å². The van der Waals surface area contributed by atoms with Crippen molar-refractivity contribution in [2.24, 2.45) is 0 Å². The van der Waals surface area contributed by atoms with Crippen LogP contribution in [0.1, 0.15) is 4.88 Å². The van der Waals surface area contributed by atoms with Gasteiger partial charge in [-0.1, -0.05) is 6.07 Å². The summed E-state index contributed by atoms with van der Waals surface area (Å²) in [6, 6.07) is 5.93. The van der Waals surface area contributed by atoms with E-state index in [2.05, 4.69) is 16.3 Å². The lowest BCUT2D eigenvalue weighted by Crippen LogP contribution is -2.48. The maximum atomic E-state index is 13.6. The summed E-state index contributed by atoms with van der Waals surface area (Å²) in [6.07, 6.45) is 0. The van der Waals surface area contributed by atoms with Crippen LogP contribution in [0.2, 0.25) is 0 Å². The minimum Gasteiger partial charge on any atom is -0.322 e. The molecule has 0 radical (unpaired) electrons. The normalized spacial score (nSPS) is 16.1. The first-order valence-electron chi connectivity index (χ1n) is 7.93. The Morgan fingerprint density at radius 2 is 1.76 bits per heavy atom. The number of carbonyl (C=O) groups is 1. The molecule has 0 aliphatic carbocycles. The molecule has 1 amide bonds. The molecule has 0 bridgehead atoms. The summed E-state index contributed by atoms with van der Waals surface area (Å²) in [6.45, 7) is 4.11. The maximum Gasteiger partial charge on any atom is 0.238 e. The standard InChI is InChI=1S/C17H18F3N3OS/c18-13-3-4-14(17(20)16(13)19)21-15(24)11-23-7-5-22(6-8-23)10-12-2-1-9-25-12/h1-4,9H,5-8,10-11H2,(H,21,24). The molecule has 1 aliphatic heterocycles. The van der Waals surface area contributed by atoms with Gasteiger partial charge in [-0.05, 0) is 23.6 Å². The highest BCUT2D eigenvalue weighted by molar-refractivity contribution is 7.09. The number of hydrogen-bond acceptors (Lipinski definition) is 4. The summed E-state index contributed by atoms with van der Waals surface area (Å²) in [5, 5.41) is 4.35. The first-order valence-corrected chi connectivity index (χ1v) is 8.81. The molecule has 134 valence electrons. The summed E-state index contributed by atoms with van der Waals surface area (Å²) in [7, 11) is 0. The highest BCUT2D eigenvalue weighted by Gasteiger charge is 2.20. The van der Waals surface area contributed by atoms with Crippen molar-refractivity contribution in [2.75, 3.05) is 38.0 Å². The molecule has 2 heterocycles. The molecule has 3 rings (SSSR count). The minimum atomic E-state index is -1.58. The average Bonchev–Trinajstić information content (AvgIpc) is 3.10. The molecule has 25 heavy (non-hydrogen) atoms. The van der Waals surface area contributed by atoms with E-state index in [0.717, 1.165) is 44.9 Å². The molecule has 1 fully saturated rings. The zero-order valence-corrected chi connectivity index (χ0v) is 14.3. The van der Waals surface area contributed by atoms with Crippen LogP contribution in [0.4, 0.5) is 18.9 Å². The molecule has 1 N–H and O–H groups in total. The van der Waals surface area contributed by atoms with Crippen LogP contribution in [0.5, 0.6) is 0 Å². The number of anilines is 1. The van der Waals surface area contributed by atoms with Crippen LogP contribution in [-0.4, -0.2) is 48.4 Å². The van der Waals surface area contributed by atoms with E-state index in [1.807, 2.05) is 16.3 Å². The van der Waals surface area contributed by atoms with Crippen LogP contribution in [-0.2, 0) is 11.3 Å². The van der Waals surface area contributed by atoms with Crippen LogP contribution in [0, 0.1) is 17.5 Å². The third-order valence-corrected chi connectivity index (χ3v) is 4.96. The molecule has 0 unspecified atom stereocenters. The van der Waals surface area contributed by atoms with E-state index in [0.29, 0.717) is 0 Å². The average molecular weight is 369 g/mol. The van der Waals surface area contributed by atoms with E-state index in [1.54, 1.807) is 11.3 Å². The van der Waals surface area contributed by atoms with E-state index in [-0.39, 0.29) is 12.2 Å². The fourth-order valence-corrected chi connectivity index (χ4v) is 3.49. The van der Waals surface area contributed by atoms with Gasteiger partial charge in [0.1, 0.15) is 0 Å². The summed E-state index contributed by atoms with van der Waals surface area (Å²) in [4.78, 5) is 17.6. The first-order chi connectivity index (χ1) is 12.0. The molecule has 4 nitrogen and oxygen atoms in total. The largest absolute Gasteiger partial charge is 0.322 e. The van der Waals surface area contributed by atoms with Gasteiger partial charge in [0.05, 0.1) is 12.2 Å². The van der Waals surface area contributed by atoms with Crippen molar-refractivity contribution in [1.82, 2.24) is 9.80 Å². The van der Waals surface area contributed by atoms with Gasteiger partial charge >= 0.3 is 0 Å². The van der Waals surface area contributed by atoms with Gasteiger partial charge in [-0.3, -0.25) is 14.6 Å². The molecule has 0 atom stereocenters. The number of benzene rings is 1. The summed E-state index contributed by atoms with van der Waals surface area (Å²) in [5.41, 5.74) is -0.347. The fraction of sp³-hybridized carbons (Fsp3) is 0.353. The molecule has 8 heteroatoms. The predicted molar refractivity (Wildman–Crippen MR) is 91.0 cm³/mol. The number of carbonyl (C=O) groups excluding carboxylic acids is 1. The molecular weight excluding hydrogens is 351 g/mol. The Morgan fingerprint density at radius 3 is 2.44 bits per heavy atom. The van der Waals surface area contributed by atoms with E-state index < -0.39 is 23.4 Å². The van der Waals surface area contributed by atoms with Crippen molar-refractivity contribution in [3.8, 4) is 0 Å². The number of nitrogens with one attached hydrogen (secondary N) is 1. The molecule has 0 saturated carbocycles. The second kappa shape index (κ2) is 7.99. The number of halogens is 3. The molecule has 1 aliphatic rings. The van der Waals surface area contributed by atoms with Crippen molar-refractivity contribution in [1.29, 1.82) is 0 Å². The minimum absolute atomic E-state index is 0.0886. The Morgan fingerprint density at radius 1 is 1.04 bits per heavy atom. The Balaban J connectivity index is 1.47. The lowest BCUT2D eigenvalue weighted by atomic mass is 10.2. The molecule has 1 aromatic carbocycles. The Bertz CT molecular complexity index is 731. The van der Waals surface area contributed by atoms with Gasteiger partial charge in [-0.25, -0.2) is 13.2 Å². The number of amides is 1. The van der Waals surface area contributed by atoms with Crippen LogP contribution in [0.15, 0.2) is 29.6 Å². The first kappa shape index (κ1) is 17.9. The summed E-state index contributed by atoms with van der Waals surface area (Å²) >= 11 is 1.72. The maximum absolute atomic E-state index is 13.6. The molecule has 2 aromatic rings. The van der Waals surface area contributed by atoms with E-state index in [9.17, 15) is 18.0 Å². The third-order valence-electron chi connectivity index (χ3n) is 4.10. The van der Waals surface area contributed by atoms with Crippen molar-refractivity contribution >= 4 is 22.9 Å². The fourth-order valence-electron chi connectivity index (χ4n) is 2.74. The second-order valence-corrected chi connectivity index (χ2v) is 6.93. The molecule has 1 aromatic heterocycles. The van der Waals surface area contributed by atoms with Crippen LogP contribution in [0.3, 0.4) is 0 Å². The van der Waals surface area contributed by atoms with Gasteiger partial charge in [-0.15, -0.1) is 11.3 Å².